The third kappa shape index (κ3) is 6.19. The summed E-state index contributed by atoms with van der Waals surface area (Å²) >= 11 is 5.93. The molecular formula is C16H24ClF2N. The van der Waals surface area contributed by atoms with Crippen LogP contribution in [0.4, 0.5) is 8.78 Å². The minimum atomic E-state index is -0.888. The Bertz CT molecular complexity index is 441. The van der Waals surface area contributed by atoms with E-state index in [0.29, 0.717) is 22.9 Å². The number of halogens is 3. The highest BCUT2D eigenvalue weighted by atomic mass is 35.5. The van der Waals surface area contributed by atoms with Crippen LogP contribution in [0.5, 0.6) is 0 Å². The van der Waals surface area contributed by atoms with Crippen molar-refractivity contribution in [3.63, 3.8) is 0 Å². The van der Waals surface area contributed by atoms with Gasteiger partial charge in [-0.05, 0) is 70.2 Å². The van der Waals surface area contributed by atoms with Crippen molar-refractivity contribution < 1.29 is 8.78 Å². The van der Waals surface area contributed by atoms with Crippen LogP contribution in [0.25, 0.3) is 0 Å². The van der Waals surface area contributed by atoms with Gasteiger partial charge in [0.05, 0.1) is 0 Å². The Morgan fingerprint density at radius 2 is 1.75 bits per heavy atom. The van der Waals surface area contributed by atoms with Crippen molar-refractivity contribution in [2.75, 3.05) is 6.54 Å². The molecule has 0 radical (unpaired) electrons. The number of hydrogen-bond donors (Lipinski definition) is 1. The van der Waals surface area contributed by atoms with E-state index in [0.717, 1.165) is 25.5 Å². The first-order valence-corrected chi connectivity index (χ1v) is 7.45. The van der Waals surface area contributed by atoms with E-state index >= 15 is 0 Å². The molecule has 0 aromatic heterocycles. The summed E-state index contributed by atoms with van der Waals surface area (Å²) in [7, 11) is 0. The summed E-state index contributed by atoms with van der Waals surface area (Å²) in [6.07, 6.45) is 2.64. The molecule has 0 fully saturated rings. The summed E-state index contributed by atoms with van der Waals surface area (Å²) < 4.78 is 26.1. The maximum atomic E-state index is 13.2. The quantitative estimate of drug-likeness (QED) is 0.732. The van der Waals surface area contributed by atoms with Gasteiger partial charge in [0.1, 0.15) is 0 Å². The Labute approximate surface area is 125 Å². The minimum Gasteiger partial charge on any atom is -0.312 e. The molecule has 0 bridgehead atoms. The van der Waals surface area contributed by atoms with Crippen molar-refractivity contribution in [3.05, 3.63) is 34.4 Å². The van der Waals surface area contributed by atoms with Crippen LogP contribution in [0, 0.1) is 17.6 Å². The van der Waals surface area contributed by atoms with Crippen molar-refractivity contribution in [2.24, 2.45) is 5.92 Å². The molecule has 0 aliphatic carbocycles. The number of nitrogens with one attached hydrogen (secondary N) is 1. The standard InChI is InChI=1S/C16H24ClF2N/c1-11(7-8-20-16(2,3)4)5-6-12-9-14(18)15(19)10-13(12)17/h9-11,20H,5-8H2,1-4H3. The van der Waals surface area contributed by atoms with E-state index < -0.39 is 11.6 Å². The number of benzene rings is 1. The van der Waals surface area contributed by atoms with Gasteiger partial charge in [0.2, 0.25) is 0 Å². The Balaban J connectivity index is 2.41. The number of hydrogen-bond acceptors (Lipinski definition) is 1. The molecule has 20 heavy (non-hydrogen) atoms. The van der Waals surface area contributed by atoms with Gasteiger partial charge in [0.15, 0.2) is 11.6 Å². The van der Waals surface area contributed by atoms with E-state index in [1.807, 2.05) is 0 Å². The van der Waals surface area contributed by atoms with Gasteiger partial charge in [-0.2, -0.15) is 0 Å². The van der Waals surface area contributed by atoms with Gasteiger partial charge in [-0.1, -0.05) is 18.5 Å². The molecule has 1 aromatic carbocycles. The zero-order chi connectivity index (χ0) is 15.3. The lowest BCUT2D eigenvalue weighted by Crippen LogP contribution is -2.36. The van der Waals surface area contributed by atoms with Gasteiger partial charge in [0.25, 0.3) is 0 Å². The average Bonchev–Trinajstić information content (AvgIpc) is 2.30. The monoisotopic (exact) mass is 303 g/mol. The molecule has 1 unspecified atom stereocenters. The lowest BCUT2D eigenvalue weighted by atomic mass is 9.97. The molecule has 1 aromatic rings. The second-order valence-electron chi connectivity index (χ2n) is 6.47. The van der Waals surface area contributed by atoms with Crippen molar-refractivity contribution in [1.29, 1.82) is 0 Å². The molecule has 0 spiro atoms. The van der Waals surface area contributed by atoms with Crippen LogP contribution in [-0.4, -0.2) is 12.1 Å². The second-order valence-corrected chi connectivity index (χ2v) is 6.87. The SMILES string of the molecule is CC(CCNC(C)(C)C)CCc1cc(F)c(F)cc1Cl. The van der Waals surface area contributed by atoms with Crippen LogP contribution in [0.15, 0.2) is 12.1 Å². The third-order valence-corrected chi connectivity index (χ3v) is 3.64. The highest BCUT2D eigenvalue weighted by Gasteiger charge is 2.12. The molecule has 0 aliphatic heterocycles. The Morgan fingerprint density at radius 1 is 1.15 bits per heavy atom. The summed E-state index contributed by atoms with van der Waals surface area (Å²) in [5.74, 6) is -1.21. The second kappa shape index (κ2) is 7.37. The van der Waals surface area contributed by atoms with E-state index in [4.69, 9.17) is 11.6 Å². The molecule has 0 aliphatic rings. The van der Waals surface area contributed by atoms with Gasteiger partial charge >= 0.3 is 0 Å². The van der Waals surface area contributed by atoms with Crippen molar-refractivity contribution in [1.82, 2.24) is 5.32 Å². The predicted octanol–water partition coefficient (Wildman–Crippen LogP) is 4.97. The zero-order valence-corrected chi connectivity index (χ0v) is 13.5. The average molecular weight is 304 g/mol. The maximum Gasteiger partial charge on any atom is 0.160 e. The molecule has 0 saturated carbocycles. The Morgan fingerprint density at radius 3 is 2.35 bits per heavy atom. The zero-order valence-electron chi connectivity index (χ0n) is 12.7. The van der Waals surface area contributed by atoms with Crippen molar-refractivity contribution in [2.45, 2.75) is 52.5 Å². The molecule has 4 heteroatoms. The first-order chi connectivity index (χ1) is 9.19. The van der Waals surface area contributed by atoms with Gasteiger partial charge < -0.3 is 5.32 Å². The van der Waals surface area contributed by atoms with Gasteiger partial charge in [0, 0.05) is 10.6 Å². The minimum absolute atomic E-state index is 0.128. The van der Waals surface area contributed by atoms with E-state index in [2.05, 4.69) is 33.0 Å². The molecule has 0 heterocycles. The van der Waals surface area contributed by atoms with E-state index in [9.17, 15) is 8.78 Å². The van der Waals surface area contributed by atoms with Crippen LogP contribution in [-0.2, 0) is 6.42 Å². The molecule has 1 rings (SSSR count). The van der Waals surface area contributed by atoms with Crippen LogP contribution < -0.4 is 5.32 Å². The largest absolute Gasteiger partial charge is 0.312 e. The Kier molecular flexibility index (Phi) is 6.41. The summed E-state index contributed by atoms with van der Waals surface area (Å²) in [4.78, 5) is 0. The summed E-state index contributed by atoms with van der Waals surface area (Å²) in [6, 6.07) is 2.26. The first kappa shape index (κ1) is 17.4. The molecule has 1 atom stereocenters. The molecule has 1 nitrogen and oxygen atoms in total. The maximum absolute atomic E-state index is 13.2. The lowest BCUT2D eigenvalue weighted by Gasteiger charge is -2.22. The molecule has 0 amide bonds. The topological polar surface area (TPSA) is 12.0 Å². The van der Waals surface area contributed by atoms with Crippen molar-refractivity contribution in [3.8, 4) is 0 Å². The fourth-order valence-corrected chi connectivity index (χ4v) is 2.24. The van der Waals surface area contributed by atoms with Crippen molar-refractivity contribution >= 4 is 11.6 Å². The summed E-state index contributed by atoms with van der Waals surface area (Å²) in [6.45, 7) is 9.53. The first-order valence-electron chi connectivity index (χ1n) is 7.07. The summed E-state index contributed by atoms with van der Waals surface area (Å²) in [5.41, 5.74) is 0.810. The highest BCUT2D eigenvalue weighted by molar-refractivity contribution is 6.31. The highest BCUT2D eigenvalue weighted by Crippen LogP contribution is 2.23. The fourth-order valence-electron chi connectivity index (χ4n) is 2.00. The Hall–Kier alpha value is -0.670. The third-order valence-electron chi connectivity index (χ3n) is 3.29. The van der Waals surface area contributed by atoms with Crippen LogP contribution >= 0.6 is 11.6 Å². The van der Waals surface area contributed by atoms with E-state index in [1.165, 1.54) is 6.07 Å². The van der Waals surface area contributed by atoms with E-state index in [1.54, 1.807) is 0 Å². The predicted molar refractivity (Wildman–Crippen MR) is 81.2 cm³/mol. The number of aryl methyl sites for hydroxylation is 1. The van der Waals surface area contributed by atoms with Crippen LogP contribution in [0.1, 0.15) is 46.1 Å². The summed E-state index contributed by atoms with van der Waals surface area (Å²) in [5, 5.41) is 3.75. The van der Waals surface area contributed by atoms with Crippen LogP contribution in [0.3, 0.4) is 0 Å². The molecular weight excluding hydrogens is 280 g/mol. The fraction of sp³-hybridized carbons (Fsp3) is 0.625. The van der Waals surface area contributed by atoms with Gasteiger partial charge in [-0.25, -0.2) is 8.78 Å². The number of rotatable bonds is 6. The molecule has 1 N–H and O–H groups in total. The molecule has 0 saturated heterocycles. The van der Waals surface area contributed by atoms with Crippen LogP contribution in [0.2, 0.25) is 5.02 Å². The molecule has 114 valence electrons. The normalized spacial score (nSPS) is 13.6. The van der Waals surface area contributed by atoms with Gasteiger partial charge in [-0.3, -0.25) is 0 Å². The smallest absolute Gasteiger partial charge is 0.160 e. The van der Waals surface area contributed by atoms with Gasteiger partial charge in [-0.15, -0.1) is 0 Å². The van der Waals surface area contributed by atoms with E-state index in [-0.39, 0.29) is 5.54 Å². The lowest BCUT2D eigenvalue weighted by molar-refractivity contribution is 0.386.